The van der Waals surface area contributed by atoms with Crippen molar-refractivity contribution in [1.82, 2.24) is 29.7 Å². The van der Waals surface area contributed by atoms with Gasteiger partial charge in [-0.25, -0.2) is 24.1 Å². The molecule has 1 amide bonds. The largest absolute Gasteiger partial charge is 0.493 e. The Labute approximate surface area is 233 Å². The van der Waals surface area contributed by atoms with Gasteiger partial charge >= 0.3 is 12.1 Å². The SMILES string of the molecule is N#CCC(C1CCN(c2nc(Cl)c(F)cc2N(C=O)OC(=O)C(F)(F)F)C1)n1cc(-c2ncnc3[nH]ccc23)cn1. The van der Waals surface area contributed by atoms with Crippen molar-refractivity contribution in [1.29, 1.82) is 5.26 Å². The molecule has 41 heavy (non-hydrogen) atoms. The van der Waals surface area contributed by atoms with Gasteiger partial charge in [0.05, 0.1) is 30.4 Å². The third-order valence-corrected chi connectivity index (χ3v) is 6.84. The highest BCUT2D eigenvalue weighted by atomic mass is 35.5. The van der Waals surface area contributed by atoms with Crippen LogP contribution in [0.3, 0.4) is 0 Å². The molecule has 0 saturated carbocycles. The van der Waals surface area contributed by atoms with Crippen molar-refractivity contribution in [2.24, 2.45) is 5.92 Å². The molecule has 5 rings (SSSR count). The van der Waals surface area contributed by atoms with Crippen molar-refractivity contribution in [3.05, 3.63) is 48.0 Å². The third-order valence-electron chi connectivity index (χ3n) is 6.58. The topological polar surface area (TPSA) is 146 Å². The minimum absolute atomic E-state index is 0.0547. The van der Waals surface area contributed by atoms with Crippen LogP contribution in [-0.2, 0) is 14.4 Å². The summed E-state index contributed by atoms with van der Waals surface area (Å²) in [6, 6.07) is 4.19. The highest BCUT2D eigenvalue weighted by Gasteiger charge is 2.43. The number of aromatic nitrogens is 6. The zero-order chi connectivity index (χ0) is 29.3. The Morgan fingerprint density at radius 2 is 2.20 bits per heavy atom. The highest BCUT2D eigenvalue weighted by Crippen LogP contribution is 2.38. The summed E-state index contributed by atoms with van der Waals surface area (Å²) in [5.41, 5.74) is 1.42. The van der Waals surface area contributed by atoms with Gasteiger partial charge < -0.3 is 14.7 Å². The molecule has 1 aliphatic heterocycles. The lowest BCUT2D eigenvalue weighted by Gasteiger charge is -2.26. The number of nitriles is 1. The van der Waals surface area contributed by atoms with Crippen molar-refractivity contribution in [2.75, 3.05) is 23.1 Å². The van der Waals surface area contributed by atoms with E-state index < -0.39 is 34.8 Å². The Bertz CT molecular complexity index is 1650. The summed E-state index contributed by atoms with van der Waals surface area (Å²) in [6.07, 6.45) is 1.42. The zero-order valence-electron chi connectivity index (χ0n) is 20.7. The van der Waals surface area contributed by atoms with Crippen molar-refractivity contribution in [2.45, 2.75) is 25.1 Å². The summed E-state index contributed by atoms with van der Waals surface area (Å²) in [4.78, 5) is 44.1. The molecule has 212 valence electrons. The van der Waals surface area contributed by atoms with Crippen LogP contribution >= 0.6 is 11.6 Å². The lowest BCUT2D eigenvalue weighted by Crippen LogP contribution is -2.35. The molecule has 2 unspecified atom stereocenters. The van der Waals surface area contributed by atoms with Crippen LogP contribution in [0.1, 0.15) is 18.9 Å². The number of nitrogens with zero attached hydrogens (tertiary/aromatic N) is 8. The molecule has 0 aliphatic carbocycles. The zero-order valence-corrected chi connectivity index (χ0v) is 21.5. The smallest absolute Gasteiger partial charge is 0.354 e. The van der Waals surface area contributed by atoms with Crippen LogP contribution in [0.15, 0.2) is 37.1 Å². The Morgan fingerprint density at radius 1 is 1.39 bits per heavy atom. The highest BCUT2D eigenvalue weighted by molar-refractivity contribution is 6.29. The number of halogens is 5. The normalized spacial score (nSPS) is 16.0. The molecule has 12 nitrogen and oxygen atoms in total. The Kier molecular flexibility index (Phi) is 7.45. The molecular weight excluding hydrogens is 574 g/mol. The summed E-state index contributed by atoms with van der Waals surface area (Å²) < 4.78 is 54.2. The van der Waals surface area contributed by atoms with Crippen LogP contribution < -0.4 is 9.96 Å². The van der Waals surface area contributed by atoms with Gasteiger partial charge in [0.2, 0.25) is 6.41 Å². The number of alkyl halides is 3. The molecule has 0 aromatic carbocycles. The monoisotopic (exact) mass is 591 g/mol. The first-order valence-electron chi connectivity index (χ1n) is 11.9. The number of H-pyrrole nitrogens is 1. The van der Waals surface area contributed by atoms with Gasteiger partial charge in [-0.3, -0.25) is 9.48 Å². The summed E-state index contributed by atoms with van der Waals surface area (Å²) in [6.45, 7) is 0.428. The van der Waals surface area contributed by atoms with Gasteiger partial charge in [-0.15, -0.1) is 5.06 Å². The van der Waals surface area contributed by atoms with E-state index in [0.717, 1.165) is 5.39 Å². The molecule has 17 heteroatoms. The van der Waals surface area contributed by atoms with E-state index in [4.69, 9.17) is 11.6 Å². The molecular formula is C24H18ClF4N9O3. The third kappa shape index (κ3) is 5.48. The number of pyridine rings is 1. The summed E-state index contributed by atoms with van der Waals surface area (Å²) >= 11 is 5.85. The summed E-state index contributed by atoms with van der Waals surface area (Å²) in [5, 5.41) is 14.1. The maximum absolute atomic E-state index is 14.3. The van der Waals surface area contributed by atoms with Gasteiger partial charge in [-0.1, -0.05) is 11.6 Å². The van der Waals surface area contributed by atoms with Crippen LogP contribution in [0.2, 0.25) is 5.15 Å². The number of hydrogen-bond acceptors (Lipinski definition) is 9. The van der Waals surface area contributed by atoms with Gasteiger partial charge in [0, 0.05) is 48.4 Å². The average molecular weight is 592 g/mol. The minimum Gasteiger partial charge on any atom is -0.354 e. The van der Waals surface area contributed by atoms with Crippen LogP contribution in [0.25, 0.3) is 22.3 Å². The quantitative estimate of drug-likeness (QED) is 0.139. The summed E-state index contributed by atoms with van der Waals surface area (Å²) in [7, 11) is 0. The average Bonchev–Trinajstić information content (AvgIpc) is 3.72. The van der Waals surface area contributed by atoms with Crippen LogP contribution in [0.5, 0.6) is 0 Å². The summed E-state index contributed by atoms with van der Waals surface area (Å²) in [5.74, 6) is -4.26. The molecule has 4 aromatic rings. The van der Waals surface area contributed by atoms with E-state index in [-0.39, 0.29) is 42.7 Å². The number of anilines is 2. The molecule has 0 spiro atoms. The van der Waals surface area contributed by atoms with E-state index in [0.29, 0.717) is 29.4 Å². The Hall–Kier alpha value is -4.78. The van der Waals surface area contributed by atoms with Crippen molar-refractivity contribution >= 4 is 46.5 Å². The van der Waals surface area contributed by atoms with Gasteiger partial charge in [0.25, 0.3) is 0 Å². The van der Waals surface area contributed by atoms with E-state index in [9.17, 15) is 32.4 Å². The second-order valence-corrected chi connectivity index (χ2v) is 9.37. The van der Waals surface area contributed by atoms with Crippen molar-refractivity contribution in [3.8, 4) is 17.3 Å². The molecule has 1 saturated heterocycles. The van der Waals surface area contributed by atoms with E-state index in [1.54, 1.807) is 28.2 Å². The van der Waals surface area contributed by atoms with Gasteiger partial charge in [0.15, 0.2) is 16.8 Å². The Morgan fingerprint density at radius 3 is 2.93 bits per heavy atom. The standard InChI is InChI=1S/C24H18ClF4N9O3/c25-20-16(26)7-18(38(12-39)41-23(40)24(27,28)29)22(35-20)36-6-3-13(9-36)17(1-4-30)37-10-14(8-34-37)19-15-2-5-31-21(15)33-11-32-19/h2,5,7-8,10-13,17H,1,3,6,9H2,(H,31,32,33). The number of hydrogen-bond donors (Lipinski definition) is 1. The first-order chi connectivity index (χ1) is 19.6. The number of hydroxylamine groups is 1. The van der Waals surface area contributed by atoms with Crippen LogP contribution in [0, 0.1) is 23.1 Å². The molecule has 1 N–H and O–H groups in total. The van der Waals surface area contributed by atoms with E-state index in [1.807, 2.05) is 6.07 Å². The maximum Gasteiger partial charge on any atom is 0.493 e. The number of fused-ring (bicyclic) bond motifs is 1. The van der Waals surface area contributed by atoms with Gasteiger partial charge in [-0.2, -0.15) is 23.5 Å². The molecule has 5 heterocycles. The first-order valence-corrected chi connectivity index (χ1v) is 12.3. The van der Waals surface area contributed by atoms with E-state index in [2.05, 4.69) is 35.9 Å². The van der Waals surface area contributed by atoms with Gasteiger partial charge in [0.1, 0.15) is 17.7 Å². The molecule has 1 aliphatic rings. The van der Waals surface area contributed by atoms with Gasteiger partial charge in [-0.05, 0) is 12.5 Å². The van der Waals surface area contributed by atoms with Crippen LogP contribution in [0.4, 0.5) is 29.1 Å². The Balaban J connectivity index is 1.42. The lowest BCUT2D eigenvalue weighted by molar-refractivity contribution is -0.201. The number of nitrogens with one attached hydrogen (secondary N) is 1. The number of amides is 1. The number of carbonyl (C=O) groups excluding carboxylic acids is 2. The predicted molar refractivity (Wildman–Crippen MR) is 135 cm³/mol. The first kappa shape index (κ1) is 27.8. The minimum atomic E-state index is -5.41. The maximum atomic E-state index is 14.3. The second-order valence-electron chi connectivity index (χ2n) is 9.01. The number of carbonyl (C=O) groups is 2. The fourth-order valence-corrected chi connectivity index (χ4v) is 4.85. The lowest BCUT2D eigenvalue weighted by atomic mass is 9.96. The van der Waals surface area contributed by atoms with E-state index >= 15 is 0 Å². The molecule has 1 fully saturated rings. The molecule has 0 bridgehead atoms. The molecule has 0 radical (unpaired) electrons. The molecule has 4 aromatic heterocycles. The van der Waals surface area contributed by atoms with Crippen molar-refractivity contribution < 1.29 is 32.0 Å². The second kappa shape index (κ2) is 11.0. The number of rotatable bonds is 8. The fraction of sp³-hybridized carbons (Fsp3) is 0.292. The van der Waals surface area contributed by atoms with E-state index in [1.165, 1.54) is 6.33 Å². The van der Waals surface area contributed by atoms with Crippen molar-refractivity contribution in [3.63, 3.8) is 0 Å². The van der Waals surface area contributed by atoms with Crippen LogP contribution in [-0.4, -0.2) is 61.4 Å². The fourth-order valence-electron chi connectivity index (χ4n) is 4.72. The molecule has 2 atom stereocenters. The number of aromatic amines is 1. The predicted octanol–water partition coefficient (Wildman–Crippen LogP) is 3.97.